The summed E-state index contributed by atoms with van der Waals surface area (Å²) in [6.45, 7) is -1.65. The van der Waals surface area contributed by atoms with E-state index in [9.17, 15) is 36.7 Å². The summed E-state index contributed by atoms with van der Waals surface area (Å²) >= 11 is 0. The molecule has 17 heteroatoms. The predicted molar refractivity (Wildman–Crippen MR) is 140 cm³/mol. The number of amides is 5. The van der Waals surface area contributed by atoms with Crippen LogP contribution in [-0.2, 0) is 9.53 Å². The second kappa shape index (κ2) is 13.3. The molecule has 1 aromatic heterocycles. The van der Waals surface area contributed by atoms with Gasteiger partial charge in [-0.1, -0.05) is 6.07 Å². The maximum absolute atomic E-state index is 14.6. The standard InChI is InChI=1S/C27H25F4N5O8/c1-11(42-27(33)40)21-20(23(38)34-19(22(37)36-26(32)39)15-6-5-14(28)9-16(15)29)35-24(44-21)13-4-7-17(43-25(30)31)18(8-13)41-10-12-2-3-12/h4-9,11-12,19,25H,2-3,10H2,1H3,(H2,33,40)(H,34,38)(H3,32,36,37,39). The third kappa shape index (κ3) is 7.93. The van der Waals surface area contributed by atoms with Gasteiger partial charge >= 0.3 is 18.7 Å². The van der Waals surface area contributed by atoms with E-state index in [2.05, 4.69) is 15.0 Å². The fourth-order valence-electron chi connectivity index (χ4n) is 3.97. The van der Waals surface area contributed by atoms with Crippen LogP contribution >= 0.6 is 0 Å². The number of oxazole rings is 1. The molecular formula is C27H25F4N5O8. The lowest BCUT2D eigenvalue weighted by Crippen LogP contribution is -2.45. The summed E-state index contributed by atoms with van der Waals surface area (Å²) < 4.78 is 74.9. The van der Waals surface area contributed by atoms with Gasteiger partial charge < -0.3 is 35.4 Å². The van der Waals surface area contributed by atoms with Crippen LogP contribution in [0.15, 0.2) is 40.8 Å². The molecule has 6 N–H and O–H groups in total. The largest absolute Gasteiger partial charge is 0.489 e. The molecule has 0 saturated heterocycles. The highest BCUT2D eigenvalue weighted by atomic mass is 19.3. The zero-order chi connectivity index (χ0) is 32.1. The van der Waals surface area contributed by atoms with Crippen molar-refractivity contribution in [2.75, 3.05) is 6.61 Å². The summed E-state index contributed by atoms with van der Waals surface area (Å²) in [5.41, 5.74) is 9.08. The van der Waals surface area contributed by atoms with E-state index < -0.39 is 71.3 Å². The molecule has 13 nitrogen and oxygen atoms in total. The van der Waals surface area contributed by atoms with Crippen molar-refractivity contribution < 1.29 is 55.4 Å². The maximum atomic E-state index is 14.6. The van der Waals surface area contributed by atoms with Gasteiger partial charge in [-0.05, 0) is 49.9 Å². The number of nitrogens with zero attached hydrogens (tertiary/aromatic N) is 1. The Morgan fingerprint density at radius 3 is 2.41 bits per heavy atom. The summed E-state index contributed by atoms with van der Waals surface area (Å²) in [6, 6.07) is 2.55. The molecule has 0 aliphatic heterocycles. The van der Waals surface area contributed by atoms with Gasteiger partial charge in [-0.3, -0.25) is 14.9 Å². The van der Waals surface area contributed by atoms with Gasteiger partial charge in [0.25, 0.3) is 11.8 Å². The van der Waals surface area contributed by atoms with Crippen molar-refractivity contribution in [2.45, 2.75) is 38.5 Å². The molecule has 3 aromatic rings. The first-order valence-corrected chi connectivity index (χ1v) is 12.9. The second-order valence-corrected chi connectivity index (χ2v) is 9.53. The normalized spacial score (nSPS) is 14.0. The summed E-state index contributed by atoms with van der Waals surface area (Å²) in [4.78, 5) is 53.0. The minimum Gasteiger partial charge on any atom is -0.489 e. The smallest absolute Gasteiger partial charge is 0.405 e. The van der Waals surface area contributed by atoms with E-state index in [1.165, 1.54) is 19.1 Å². The average Bonchev–Trinajstić information content (AvgIpc) is 3.65. The van der Waals surface area contributed by atoms with Crippen molar-refractivity contribution in [2.24, 2.45) is 17.4 Å². The first kappa shape index (κ1) is 31.6. The zero-order valence-electron chi connectivity index (χ0n) is 22.8. The number of rotatable bonds is 12. The van der Waals surface area contributed by atoms with E-state index >= 15 is 0 Å². The molecule has 1 aliphatic carbocycles. The van der Waals surface area contributed by atoms with Crippen molar-refractivity contribution >= 4 is 23.9 Å². The molecule has 5 amide bonds. The average molecular weight is 624 g/mol. The fourth-order valence-corrected chi connectivity index (χ4v) is 3.97. The Balaban J connectivity index is 1.73. The molecule has 0 radical (unpaired) electrons. The first-order chi connectivity index (χ1) is 20.8. The van der Waals surface area contributed by atoms with Gasteiger partial charge in [0.15, 0.2) is 29.1 Å². The number of carbonyl (C=O) groups excluding carboxylic acids is 4. The number of primary amides is 2. The molecule has 44 heavy (non-hydrogen) atoms. The maximum Gasteiger partial charge on any atom is 0.405 e. The fraction of sp³-hybridized carbons (Fsp3) is 0.296. The molecule has 2 unspecified atom stereocenters. The lowest BCUT2D eigenvalue weighted by Gasteiger charge is -2.18. The third-order valence-corrected chi connectivity index (χ3v) is 6.17. The van der Waals surface area contributed by atoms with Crippen LogP contribution < -0.4 is 31.6 Å². The Kier molecular flexibility index (Phi) is 9.55. The molecular weight excluding hydrogens is 598 g/mol. The molecule has 234 valence electrons. The van der Waals surface area contributed by atoms with E-state index in [1.54, 1.807) is 5.32 Å². The zero-order valence-corrected chi connectivity index (χ0v) is 22.8. The summed E-state index contributed by atoms with van der Waals surface area (Å²) in [7, 11) is 0. The summed E-state index contributed by atoms with van der Waals surface area (Å²) in [5, 5.41) is 3.87. The van der Waals surface area contributed by atoms with Crippen molar-refractivity contribution in [1.29, 1.82) is 0 Å². The highest BCUT2D eigenvalue weighted by molar-refractivity contribution is 6.01. The number of halogens is 4. The number of carbonyl (C=O) groups is 4. The monoisotopic (exact) mass is 623 g/mol. The van der Waals surface area contributed by atoms with Crippen LogP contribution in [0.5, 0.6) is 11.5 Å². The van der Waals surface area contributed by atoms with Crippen molar-refractivity contribution in [3.63, 3.8) is 0 Å². The highest BCUT2D eigenvalue weighted by Crippen LogP contribution is 2.37. The first-order valence-electron chi connectivity index (χ1n) is 12.9. The SMILES string of the molecule is CC(OC(N)=O)c1oc(-c2ccc(OC(F)F)c(OCC3CC3)c2)nc1C(=O)NC(C(=O)NC(N)=O)c1ccc(F)cc1F. The Morgan fingerprint density at radius 1 is 1.07 bits per heavy atom. The van der Waals surface area contributed by atoms with Gasteiger partial charge in [0, 0.05) is 17.2 Å². The number of urea groups is 1. The number of nitrogens with two attached hydrogens (primary N) is 2. The quantitative estimate of drug-likeness (QED) is 0.217. The van der Waals surface area contributed by atoms with E-state index in [0.717, 1.165) is 31.0 Å². The lowest BCUT2D eigenvalue weighted by atomic mass is 10.0. The number of aromatic nitrogens is 1. The topological polar surface area (TPSA) is 198 Å². The molecule has 2 atom stereocenters. The van der Waals surface area contributed by atoms with Crippen LogP contribution in [0, 0.1) is 17.6 Å². The number of hydrogen-bond acceptors (Lipinski definition) is 9. The van der Waals surface area contributed by atoms with Crippen LogP contribution in [0.4, 0.5) is 27.2 Å². The number of hydrogen-bond donors (Lipinski definition) is 4. The highest BCUT2D eigenvalue weighted by Gasteiger charge is 2.33. The molecule has 1 heterocycles. The molecule has 2 aromatic carbocycles. The minimum atomic E-state index is -3.15. The van der Waals surface area contributed by atoms with Crippen molar-refractivity contribution in [3.05, 3.63) is 65.1 Å². The Hall–Kier alpha value is -5.35. The van der Waals surface area contributed by atoms with E-state index in [0.29, 0.717) is 6.07 Å². The summed E-state index contributed by atoms with van der Waals surface area (Å²) in [5.74, 6) is -5.50. The van der Waals surface area contributed by atoms with Crippen LogP contribution in [0.1, 0.15) is 53.7 Å². The Labute approximate surface area is 245 Å². The Bertz CT molecular complexity index is 1580. The van der Waals surface area contributed by atoms with Crippen LogP contribution in [0.3, 0.4) is 0 Å². The molecule has 1 saturated carbocycles. The predicted octanol–water partition coefficient (Wildman–Crippen LogP) is 3.83. The molecule has 0 bridgehead atoms. The van der Waals surface area contributed by atoms with Gasteiger partial charge in [0.2, 0.25) is 5.89 Å². The van der Waals surface area contributed by atoms with Gasteiger partial charge in [0.1, 0.15) is 17.7 Å². The molecule has 1 aliphatic rings. The summed E-state index contributed by atoms with van der Waals surface area (Å²) in [6.07, 6.45) is -0.783. The van der Waals surface area contributed by atoms with Crippen LogP contribution in [0.2, 0.25) is 0 Å². The van der Waals surface area contributed by atoms with Crippen LogP contribution in [0.25, 0.3) is 11.5 Å². The lowest BCUT2D eigenvalue weighted by molar-refractivity contribution is -0.122. The van der Waals surface area contributed by atoms with Gasteiger partial charge in [-0.15, -0.1) is 0 Å². The van der Waals surface area contributed by atoms with Crippen LogP contribution in [-0.4, -0.2) is 42.1 Å². The number of alkyl halides is 2. The van der Waals surface area contributed by atoms with Gasteiger partial charge in [0.05, 0.1) is 6.61 Å². The number of imide groups is 1. The van der Waals surface area contributed by atoms with E-state index in [1.807, 2.05) is 0 Å². The van der Waals surface area contributed by atoms with E-state index in [4.69, 9.17) is 25.4 Å². The van der Waals surface area contributed by atoms with E-state index in [-0.39, 0.29) is 35.5 Å². The Morgan fingerprint density at radius 2 is 1.80 bits per heavy atom. The number of benzene rings is 2. The molecule has 0 spiro atoms. The van der Waals surface area contributed by atoms with Crippen molar-refractivity contribution in [1.82, 2.24) is 15.6 Å². The number of nitrogens with one attached hydrogen (secondary N) is 2. The molecule has 1 fully saturated rings. The van der Waals surface area contributed by atoms with Gasteiger partial charge in [-0.2, -0.15) is 8.78 Å². The third-order valence-electron chi connectivity index (χ3n) is 6.17. The van der Waals surface area contributed by atoms with Gasteiger partial charge in [-0.25, -0.2) is 23.4 Å². The number of ether oxygens (including phenoxy) is 3. The minimum absolute atomic E-state index is 0.0724. The second-order valence-electron chi connectivity index (χ2n) is 9.53. The van der Waals surface area contributed by atoms with Crippen molar-refractivity contribution in [3.8, 4) is 23.0 Å². The molecule has 4 rings (SSSR count).